The summed E-state index contributed by atoms with van der Waals surface area (Å²) in [6, 6.07) is -0.294. The second-order valence-electron chi connectivity index (χ2n) is 3.78. The van der Waals surface area contributed by atoms with Crippen molar-refractivity contribution < 1.29 is 9.90 Å². The summed E-state index contributed by atoms with van der Waals surface area (Å²) in [5.41, 5.74) is 0. The average Bonchev–Trinajstić information content (AvgIpc) is 2.47. The molecule has 0 aliphatic carbocycles. The predicted octanol–water partition coefficient (Wildman–Crippen LogP) is 0.488. The summed E-state index contributed by atoms with van der Waals surface area (Å²) in [6.07, 6.45) is 3.81. The molecule has 0 saturated carbocycles. The summed E-state index contributed by atoms with van der Waals surface area (Å²) in [5.74, 6) is 0.243. The van der Waals surface area contributed by atoms with E-state index in [1.54, 1.807) is 11.8 Å². The Morgan fingerprint density at radius 2 is 2.33 bits per heavy atom. The van der Waals surface area contributed by atoms with Crippen molar-refractivity contribution in [3.8, 4) is 0 Å². The number of nitrogens with one attached hydrogen (secondary N) is 1. The minimum atomic E-state index is -0.675. The average molecular weight is 232 g/mol. The van der Waals surface area contributed by atoms with E-state index in [0.717, 1.165) is 44.8 Å². The Hall–Kier alpha value is -0.260. The number of rotatable bonds is 5. The van der Waals surface area contributed by atoms with E-state index < -0.39 is 5.97 Å². The maximum atomic E-state index is 11.1. The van der Waals surface area contributed by atoms with Gasteiger partial charge in [0.15, 0.2) is 0 Å². The van der Waals surface area contributed by atoms with Gasteiger partial charge in [-0.2, -0.15) is 11.8 Å². The van der Waals surface area contributed by atoms with Gasteiger partial charge < -0.3 is 10.4 Å². The van der Waals surface area contributed by atoms with Crippen molar-refractivity contribution in [1.29, 1.82) is 0 Å². The van der Waals surface area contributed by atoms with Crippen molar-refractivity contribution in [2.45, 2.75) is 18.9 Å². The SMILES string of the molecule is CSCCC(C(=O)O)N1CCCNCC1. The topological polar surface area (TPSA) is 52.6 Å². The number of hydrogen-bond acceptors (Lipinski definition) is 4. The highest BCUT2D eigenvalue weighted by Crippen LogP contribution is 2.10. The third kappa shape index (κ3) is 4.40. The van der Waals surface area contributed by atoms with Gasteiger partial charge in [-0.25, -0.2) is 0 Å². The van der Waals surface area contributed by atoms with Crippen molar-refractivity contribution in [2.75, 3.05) is 38.2 Å². The molecule has 15 heavy (non-hydrogen) atoms. The molecule has 5 heteroatoms. The van der Waals surface area contributed by atoms with E-state index in [9.17, 15) is 9.90 Å². The van der Waals surface area contributed by atoms with E-state index in [-0.39, 0.29) is 6.04 Å². The molecule has 0 aromatic carbocycles. The zero-order valence-electron chi connectivity index (χ0n) is 9.24. The molecule has 88 valence electrons. The first kappa shape index (κ1) is 12.8. The van der Waals surface area contributed by atoms with Gasteiger partial charge in [-0.15, -0.1) is 0 Å². The molecular weight excluding hydrogens is 212 g/mol. The highest BCUT2D eigenvalue weighted by Gasteiger charge is 2.25. The molecular formula is C10H20N2O2S. The summed E-state index contributed by atoms with van der Waals surface area (Å²) in [7, 11) is 0. The molecule has 1 atom stereocenters. The van der Waals surface area contributed by atoms with E-state index in [4.69, 9.17) is 0 Å². The highest BCUT2D eigenvalue weighted by molar-refractivity contribution is 7.98. The molecule has 1 saturated heterocycles. The fraction of sp³-hybridized carbons (Fsp3) is 0.900. The van der Waals surface area contributed by atoms with Crippen molar-refractivity contribution in [3.05, 3.63) is 0 Å². The molecule has 1 fully saturated rings. The van der Waals surface area contributed by atoms with E-state index in [1.165, 1.54) is 0 Å². The number of nitrogens with zero attached hydrogens (tertiary/aromatic N) is 1. The van der Waals surface area contributed by atoms with Crippen LogP contribution in [0.15, 0.2) is 0 Å². The maximum absolute atomic E-state index is 11.1. The Kier molecular flexibility index (Phi) is 6.05. The van der Waals surface area contributed by atoms with Gasteiger partial charge in [-0.1, -0.05) is 0 Å². The van der Waals surface area contributed by atoms with Crippen LogP contribution in [-0.2, 0) is 4.79 Å². The monoisotopic (exact) mass is 232 g/mol. The summed E-state index contributed by atoms with van der Waals surface area (Å²) >= 11 is 1.71. The molecule has 1 aliphatic rings. The van der Waals surface area contributed by atoms with Crippen molar-refractivity contribution in [3.63, 3.8) is 0 Å². The molecule has 0 aromatic rings. The van der Waals surface area contributed by atoms with Gasteiger partial charge in [0, 0.05) is 19.6 Å². The van der Waals surface area contributed by atoms with Gasteiger partial charge in [-0.3, -0.25) is 9.69 Å². The van der Waals surface area contributed by atoms with Crippen molar-refractivity contribution in [2.24, 2.45) is 0 Å². The fourth-order valence-electron chi connectivity index (χ4n) is 1.87. The summed E-state index contributed by atoms with van der Waals surface area (Å²) < 4.78 is 0. The van der Waals surface area contributed by atoms with Gasteiger partial charge in [0.05, 0.1) is 0 Å². The number of thioether (sulfide) groups is 1. The smallest absolute Gasteiger partial charge is 0.320 e. The number of carbonyl (C=O) groups is 1. The Balaban J connectivity index is 2.48. The van der Waals surface area contributed by atoms with Crippen LogP contribution in [0.25, 0.3) is 0 Å². The molecule has 1 aliphatic heterocycles. The van der Waals surface area contributed by atoms with Crippen LogP contribution in [0.5, 0.6) is 0 Å². The largest absolute Gasteiger partial charge is 0.480 e. The zero-order valence-corrected chi connectivity index (χ0v) is 10.1. The molecule has 0 radical (unpaired) electrons. The lowest BCUT2D eigenvalue weighted by Crippen LogP contribution is -2.43. The van der Waals surface area contributed by atoms with Gasteiger partial charge in [-0.05, 0) is 31.4 Å². The first-order valence-electron chi connectivity index (χ1n) is 5.42. The number of hydrogen-bond donors (Lipinski definition) is 2. The molecule has 1 unspecified atom stereocenters. The Morgan fingerprint density at radius 3 is 3.00 bits per heavy atom. The Bertz CT molecular complexity index is 194. The second kappa shape index (κ2) is 7.09. The molecule has 0 spiro atoms. The maximum Gasteiger partial charge on any atom is 0.320 e. The molecule has 4 nitrogen and oxygen atoms in total. The van der Waals surface area contributed by atoms with E-state index >= 15 is 0 Å². The minimum absolute atomic E-state index is 0.294. The molecule has 0 amide bonds. The van der Waals surface area contributed by atoms with Gasteiger partial charge in [0.1, 0.15) is 6.04 Å². The quantitative estimate of drug-likeness (QED) is 0.722. The summed E-state index contributed by atoms with van der Waals surface area (Å²) in [6.45, 7) is 3.66. The van der Waals surface area contributed by atoms with E-state index in [2.05, 4.69) is 10.2 Å². The standard InChI is InChI=1S/C10H20N2O2S/c1-15-8-3-9(10(13)14)12-6-2-4-11-5-7-12/h9,11H,2-8H2,1H3,(H,13,14). The zero-order chi connectivity index (χ0) is 11.1. The van der Waals surface area contributed by atoms with Gasteiger partial charge >= 0.3 is 5.97 Å². The number of carboxylic acids is 1. The first-order valence-corrected chi connectivity index (χ1v) is 6.81. The van der Waals surface area contributed by atoms with E-state index in [1.807, 2.05) is 6.26 Å². The Morgan fingerprint density at radius 1 is 1.53 bits per heavy atom. The van der Waals surface area contributed by atoms with Gasteiger partial charge in [0.25, 0.3) is 0 Å². The third-order valence-electron chi connectivity index (χ3n) is 2.70. The second-order valence-corrected chi connectivity index (χ2v) is 4.76. The third-order valence-corrected chi connectivity index (χ3v) is 3.34. The fourth-order valence-corrected chi connectivity index (χ4v) is 2.33. The number of aliphatic carboxylic acids is 1. The Labute approximate surface area is 95.4 Å². The lowest BCUT2D eigenvalue weighted by Gasteiger charge is -2.26. The van der Waals surface area contributed by atoms with Crippen LogP contribution < -0.4 is 5.32 Å². The minimum Gasteiger partial charge on any atom is -0.480 e. The lowest BCUT2D eigenvalue weighted by atomic mass is 10.2. The van der Waals surface area contributed by atoms with E-state index in [0.29, 0.717) is 0 Å². The lowest BCUT2D eigenvalue weighted by molar-refractivity contribution is -0.143. The number of carboxylic acid groups (broad SMARTS) is 1. The molecule has 0 bridgehead atoms. The van der Waals surface area contributed by atoms with Crippen molar-refractivity contribution >= 4 is 17.7 Å². The first-order chi connectivity index (χ1) is 7.25. The van der Waals surface area contributed by atoms with Crippen LogP contribution in [0.2, 0.25) is 0 Å². The normalized spacial score (nSPS) is 20.9. The highest BCUT2D eigenvalue weighted by atomic mass is 32.2. The van der Waals surface area contributed by atoms with Crippen LogP contribution in [0.1, 0.15) is 12.8 Å². The van der Waals surface area contributed by atoms with Crippen molar-refractivity contribution in [1.82, 2.24) is 10.2 Å². The molecule has 2 N–H and O–H groups in total. The van der Waals surface area contributed by atoms with Crippen LogP contribution in [0.4, 0.5) is 0 Å². The molecule has 1 heterocycles. The van der Waals surface area contributed by atoms with Crippen LogP contribution in [0, 0.1) is 0 Å². The summed E-state index contributed by atoms with van der Waals surface area (Å²) in [4.78, 5) is 13.2. The molecule has 0 aromatic heterocycles. The van der Waals surface area contributed by atoms with Crippen LogP contribution >= 0.6 is 11.8 Å². The van der Waals surface area contributed by atoms with Gasteiger partial charge in [0.2, 0.25) is 0 Å². The van der Waals surface area contributed by atoms with Crippen LogP contribution in [-0.4, -0.2) is 60.2 Å². The predicted molar refractivity (Wildman–Crippen MR) is 63.5 cm³/mol. The van der Waals surface area contributed by atoms with Crippen LogP contribution in [0.3, 0.4) is 0 Å². The molecule has 1 rings (SSSR count). The summed E-state index contributed by atoms with van der Waals surface area (Å²) in [5, 5.41) is 12.5.